The Balaban J connectivity index is 1.68. The summed E-state index contributed by atoms with van der Waals surface area (Å²) in [5, 5.41) is 0. The molecule has 0 spiro atoms. The molecule has 0 radical (unpaired) electrons. The van der Waals surface area contributed by atoms with Crippen LogP contribution in [0.25, 0.3) is 0 Å². The smallest absolute Gasteiger partial charge is 0.146 e. The molecule has 17 heavy (non-hydrogen) atoms. The maximum absolute atomic E-state index is 13.3. The lowest BCUT2D eigenvalue weighted by Gasteiger charge is -2.32. The fraction of sp³-hybridized carbons (Fsp3) is 0.538. The monoisotopic (exact) mass is 236 g/mol. The average molecular weight is 236 g/mol. The van der Waals surface area contributed by atoms with Crippen molar-refractivity contribution in [3.63, 3.8) is 0 Å². The van der Waals surface area contributed by atoms with Gasteiger partial charge in [-0.15, -0.1) is 0 Å². The SMILES string of the molecule is Nc1ccc(CN2CC3CCC(C2)O3)cc1F. The van der Waals surface area contributed by atoms with Crippen LogP contribution < -0.4 is 5.73 Å². The number of anilines is 1. The maximum atomic E-state index is 13.3. The third kappa shape index (κ3) is 2.28. The Morgan fingerprint density at radius 1 is 1.29 bits per heavy atom. The van der Waals surface area contributed by atoms with Crippen LogP contribution in [0.15, 0.2) is 18.2 Å². The molecule has 3 nitrogen and oxygen atoms in total. The molecule has 0 aromatic heterocycles. The van der Waals surface area contributed by atoms with Crippen molar-refractivity contribution in [2.75, 3.05) is 18.8 Å². The first-order chi connectivity index (χ1) is 8.20. The quantitative estimate of drug-likeness (QED) is 0.795. The molecule has 0 amide bonds. The molecule has 2 fully saturated rings. The van der Waals surface area contributed by atoms with E-state index < -0.39 is 0 Å². The molecule has 0 aliphatic carbocycles. The molecule has 2 bridgehead atoms. The summed E-state index contributed by atoms with van der Waals surface area (Å²) in [6.07, 6.45) is 3.09. The van der Waals surface area contributed by atoms with Gasteiger partial charge in [-0.05, 0) is 30.5 Å². The molecule has 0 saturated carbocycles. The zero-order valence-electron chi connectivity index (χ0n) is 9.73. The van der Waals surface area contributed by atoms with Crippen molar-refractivity contribution in [2.24, 2.45) is 0 Å². The number of halogens is 1. The first-order valence-electron chi connectivity index (χ1n) is 6.12. The summed E-state index contributed by atoms with van der Waals surface area (Å²) in [7, 11) is 0. The maximum Gasteiger partial charge on any atom is 0.146 e. The highest BCUT2D eigenvalue weighted by Gasteiger charge is 2.33. The first kappa shape index (κ1) is 11.0. The van der Waals surface area contributed by atoms with E-state index in [0.717, 1.165) is 38.0 Å². The fourth-order valence-electron chi connectivity index (χ4n) is 2.76. The lowest BCUT2D eigenvalue weighted by molar-refractivity contribution is -0.0410. The molecule has 4 heteroatoms. The van der Waals surface area contributed by atoms with Crippen LogP contribution in [-0.4, -0.2) is 30.2 Å². The van der Waals surface area contributed by atoms with Gasteiger partial charge in [0, 0.05) is 19.6 Å². The summed E-state index contributed by atoms with van der Waals surface area (Å²) in [6.45, 7) is 2.71. The van der Waals surface area contributed by atoms with Gasteiger partial charge in [-0.1, -0.05) is 6.07 Å². The largest absolute Gasteiger partial charge is 0.396 e. The molecular weight excluding hydrogens is 219 g/mol. The molecule has 2 atom stereocenters. The molecule has 2 heterocycles. The molecule has 2 unspecified atom stereocenters. The number of likely N-dealkylation sites (tertiary alicyclic amines) is 1. The Morgan fingerprint density at radius 3 is 2.65 bits per heavy atom. The van der Waals surface area contributed by atoms with Gasteiger partial charge in [0.05, 0.1) is 17.9 Å². The van der Waals surface area contributed by atoms with Crippen LogP contribution in [0.2, 0.25) is 0 Å². The Labute approximate surface area is 100 Å². The Bertz CT molecular complexity index is 412. The minimum absolute atomic E-state index is 0.218. The zero-order chi connectivity index (χ0) is 11.8. The average Bonchev–Trinajstić information content (AvgIpc) is 2.64. The number of morpholine rings is 1. The van der Waals surface area contributed by atoms with E-state index in [1.54, 1.807) is 6.07 Å². The number of benzene rings is 1. The van der Waals surface area contributed by atoms with Gasteiger partial charge in [-0.3, -0.25) is 4.90 Å². The highest BCUT2D eigenvalue weighted by atomic mass is 19.1. The second-order valence-electron chi connectivity index (χ2n) is 5.01. The summed E-state index contributed by atoms with van der Waals surface area (Å²) in [6, 6.07) is 5.07. The number of nitrogens with zero attached hydrogens (tertiary/aromatic N) is 1. The Morgan fingerprint density at radius 2 is 2.00 bits per heavy atom. The van der Waals surface area contributed by atoms with Crippen molar-refractivity contribution < 1.29 is 9.13 Å². The van der Waals surface area contributed by atoms with Gasteiger partial charge in [0.1, 0.15) is 5.82 Å². The summed E-state index contributed by atoms with van der Waals surface area (Å²) in [5.41, 5.74) is 6.67. The lowest BCUT2D eigenvalue weighted by Crippen LogP contribution is -2.41. The minimum Gasteiger partial charge on any atom is -0.396 e. The third-order valence-electron chi connectivity index (χ3n) is 3.59. The number of nitrogens with two attached hydrogens (primary N) is 1. The van der Waals surface area contributed by atoms with Gasteiger partial charge in [-0.25, -0.2) is 4.39 Å². The van der Waals surface area contributed by atoms with Crippen LogP contribution >= 0.6 is 0 Å². The minimum atomic E-state index is -0.321. The molecule has 1 aromatic rings. The van der Waals surface area contributed by atoms with Gasteiger partial charge in [0.15, 0.2) is 0 Å². The highest BCUT2D eigenvalue weighted by Crippen LogP contribution is 2.27. The van der Waals surface area contributed by atoms with Gasteiger partial charge in [0.2, 0.25) is 0 Å². The molecular formula is C13H17FN2O. The van der Waals surface area contributed by atoms with Gasteiger partial charge in [0.25, 0.3) is 0 Å². The van der Waals surface area contributed by atoms with E-state index in [1.165, 1.54) is 6.07 Å². The van der Waals surface area contributed by atoms with E-state index in [4.69, 9.17) is 10.5 Å². The number of ether oxygens (including phenoxy) is 1. The molecule has 2 N–H and O–H groups in total. The van der Waals surface area contributed by atoms with Crippen LogP contribution in [-0.2, 0) is 11.3 Å². The van der Waals surface area contributed by atoms with E-state index in [-0.39, 0.29) is 11.5 Å². The third-order valence-corrected chi connectivity index (χ3v) is 3.59. The van der Waals surface area contributed by atoms with Crippen molar-refractivity contribution >= 4 is 5.69 Å². The normalized spacial score (nSPS) is 28.5. The lowest BCUT2D eigenvalue weighted by atomic mass is 10.1. The number of hydrogen-bond donors (Lipinski definition) is 1. The van der Waals surface area contributed by atoms with E-state index >= 15 is 0 Å². The summed E-state index contributed by atoms with van der Waals surface area (Å²) in [4.78, 5) is 2.34. The van der Waals surface area contributed by atoms with Crippen LogP contribution in [0.3, 0.4) is 0 Å². The molecule has 2 saturated heterocycles. The topological polar surface area (TPSA) is 38.5 Å². The molecule has 2 aliphatic rings. The van der Waals surface area contributed by atoms with E-state index in [9.17, 15) is 4.39 Å². The summed E-state index contributed by atoms with van der Waals surface area (Å²) in [5.74, 6) is -0.321. The van der Waals surface area contributed by atoms with Crippen LogP contribution in [0.4, 0.5) is 10.1 Å². The van der Waals surface area contributed by atoms with Crippen molar-refractivity contribution in [3.05, 3.63) is 29.6 Å². The van der Waals surface area contributed by atoms with Gasteiger partial charge in [-0.2, -0.15) is 0 Å². The Hall–Kier alpha value is -1.13. The number of hydrogen-bond acceptors (Lipinski definition) is 3. The van der Waals surface area contributed by atoms with Crippen LogP contribution in [0.1, 0.15) is 18.4 Å². The van der Waals surface area contributed by atoms with Crippen LogP contribution in [0.5, 0.6) is 0 Å². The molecule has 3 rings (SSSR count). The standard InChI is InChI=1S/C13H17FN2O/c14-12-5-9(1-4-13(12)15)6-16-7-10-2-3-11(8-16)17-10/h1,4-5,10-11H,2-3,6-8,15H2. The van der Waals surface area contributed by atoms with E-state index in [0.29, 0.717) is 12.2 Å². The van der Waals surface area contributed by atoms with Crippen LogP contribution in [0, 0.1) is 5.82 Å². The number of rotatable bonds is 2. The first-order valence-corrected chi connectivity index (χ1v) is 6.12. The van der Waals surface area contributed by atoms with Crippen molar-refractivity contribution in [1.29, 1.82) is 0 Å². The van der Waals surface area contributed by atoms with Gasteiger partial charge >= 0.3 is 0 Å². The van der Waals surface area contributed by atoms with Crippen molar-refractivity contribution in [3.8, 4) is 0 Å². The fourth-order valence-corrected chi connectivity index (χ4v) is 2.76. The van der Waals surface area contributed by atoms with E-state index in [2.05, 4.69) is 4.90 Å². The molecule has 92 valence electrons. The predicted octanol–water partition coefficient (Wildman–Crippen LogP) is 1.77. The van der Waals surface area contributed by atoms with Crippen molar-refractivity contribution in [1.82, 2.24) is 4.90 Å². The predicted molar refractivity (Wildman–Crippen MR) is 64.0 cm³/mol. The van der Waals surface area contributed by atoms with Crippen molar-refractivity contribution in [2.45, 2.75) is 31.6 Å². The highest BCUT2D eigenvalue weighted by molar-refractivity contribution is 5.41. The zero-order valence-corrected chi connectivity index (χ0v) is 9.73. The molecule has 2 aliphatic heterocycles. The second-order valence-corrected chi connectivity index (χ2v) is 5.01. The Kier molecular flexibility index (Phi) is 2.76. The second kappa shape index (κ2) is 4.27. The molecule has 1 aromatic carbocycles. The number of nitrogen functional groups attached to an aromatic ring is 1. The van der Waals surface area contributed by atoms with Gasteiger partial charge < -0.3 is 10.5 Å². The summed E-state index contributed by atoms with van der Waals surface area (Å²) < 4.78 is 19.1. The van der Waals surface area contributed by atoms with E-state index in [1.807, 2.05) is 6.07 Å². The summed E-state index contributed by atoms with van der Waals surface area (Å²) >= 11 is 0. The number of fused-ring (bicyclic) bond motifs is 2.